The fraction of sp³-hybridized carbons (Fsp3) is 0.125. The smallest absolute Gasteiger partial charge is 0.122 e. The number of nitrogens with two attached hydrogens (primary N) is 1. The molecule has 28 heavy (non-hydrogen) atoms. The van der Waals surface area contributed by atoms with Gasteiger partial charge < -0.3 is 15.0 Å². The van der Waals surface area contributed by atoms with E-state index in [1.165, 1.54) is 5.56 Å². The van der Waals surface area contributed by atoms with Gasteiger partial charge in [0, 0.05) is 34.9 Å². The minimum atomic E-state index is 0.649. The number of rotatable bonds is 2. The lowest BCUT2D eigenvalue weighted by atomic mass is 9.98. The first kappa shape index (κ1) is 16.5. The molecule has 2 heterocycles. The summed E-state index contributed by atoms with van der Waals surface area (Å²) in [5.41, 5.74) is 14.2. The van der Waals surface area contributed by atoms with Gasteiger partial charge in [-0.2, -0.15) is 5.26 Å². The molecule has 0 radical (unpaired) electrons. The molecule has 0 bridgehead atoms. The van der Waals surface area contributed by atoms with Crippen molar-refractivity contribution in [3.8, 4) is 28.6 Å². The number of fused-ring (bicyclic) bond motifs is 2. The summed E-state index contributed by atoms with van der Waals surface area (Å²) in [5.74, 6) is 0.971. The molecule has 3 aromatic carbocycles. The maximum Gasteiger partial charge on any atom is 0.122 e. The third-order valence-corrected chi connectivity index (χ3v) is 5.55. The van der Waals surface area contributed by atoms with E-state index in [1.54, 1.807) is 0 Å². The first-order valence-corrected chi connectivity index (χ1v) is 9.32. The average Bonchev–Trinajstić information content (AvgIpc) is 3.33. The van der Waals surface area contributed by atoms with E-state index in [1.807, 2.05) is 43.3 Å². The number of benzene rings is 3. The van der Waals surface area contributed by atoms with Crippen LogP contribution < -0.4 is 10.5 Å². The number of nitrogens with zero attached hydrogens (tertiary/aromatic N) is 2. The lowest BCUT2D eigenvalue weighted by Gasteiger charge is -2.08. The molecular formula is C24H19N3O. The van der Waals surface area contributed by atoms with Crippen molar-refractivity contribution in [3.63, 3.8) is 0 Å². The van der Waals surface area contributed by atoms with Gasteiger partial charge in [0.15, 0.2) is 0 Å². The van der Waals surface area contributed by atoms with Gasteiger partial charge in [0.2, 0.25) is 0 Å². The third kappa shape index (κ3) is 2.44. The highest BCUT2D eigenvalue weighted by molar-refractivity contribution is 5.99. The van der Waals surface area contributed by atoms with Crippen molar-refractivity contribution in [1.29, 1.82) is 5.26 Å². The van der Waals surface area contributed by atoms with E-state index in [0.717, 1.165) is 57.7 Å². The van der Waals surface area contributed by atoms with Crippen molar-refractivity contribution >= 4 is 16.6 Å². The van der Waals surface area contributed by atoms with E-state index in [9.17, 15) is 5.26 Å². The Morgan fingerprint density at radius 2 is 1.96 bits per heavy atom. The molecule has 2 N–H and O–H groups in total. The van der Waals surface area contributed by atoms with Crippen LogP contribution in [-0.4, -0.2) is 11.2 Å². The minimum absolute atomic E-state index is 0.649. The van der Waals surface area contributed by atoms with E-state index < -0.39 is 0 Å². The first-order chi connectivity index (χ1) is 13.7. The van der Waals surface area contributed by atoms with Crippen LogP contribution in [0.5, 0.6) is 5.75 Å². The Labute approximate surface area is 163 Å². The van der Waals surface area contributed by atoms with Crippen LogP contribution >= 0.6 is 0 Å². The standard InChI is InChI=1S/C24H19N3O/c1-15-19(3-2-4-22(15)26)21-14-27(23-7-5-16(13-25)11-20(21)23)18-6-8-24-17(12-18)9-10-28-24/h2-8,11-12,14H,9-10,26H2,1H3. The van der Waals surface area contributed by atoms with Crippen LogP contribution in [0.15, 0.2) is 60.8 Å². The Hall–Kier alpha value is -3.71. The number of ether oxygens (including phenoxy) is 1. The zero-order valence-corrected chi connectivity index (χ0v) is 15.6. The molecule has 1 aliphatic heterocycles. The zero-order valence-electron chi connectivity index (χ0n) is 15.6. The first-order valence-electron chi connectivity index (χ1n) is 9.32. The molecule has 136 valence electrons. The normalized spacial score (nSPS) is 12.6. The van der Waals surface area contributed by atoms with Crippen LogP contribution in [0.25, 0.3) is 27.7 Å². The van der Waals surface area contributed by atoms with Crippen LogP contribution in [0.4, 0.5) is 5.69 Å². The van der Waals surface area contributed by atoms with Gasteiger partial charge in [0.05, 0.1) is 23.8 Å². The molecular weight excluding hydrogens is 346 g/mol. The summed E-state index contributed by atoms with van der Waals surface area (Å²) < 4.78 is 7.84. The molecule has 0 saturated carbocycles. The summed E-state index contributed by atoms with van der Waals surface area (Å²) in [6, 6.07) is 20.4. The number of anilines is 1. The Kier molecular flexibility index (Phi) is 3.63. The van der Waals surface area contributed by atoms with Gasteiger partial charge in [-0.05, 0) is 66.1 Å². The van der Waals surface area contributed by atoms with E-state index in [-0.39, 0.29) is 0 Å². The van der Waals surface area contributed by atoms with Crippen molar-refractivity contribution in [2.24, 2.45) is 0 Å². The van der Waals surface area contributed by atoms with Crippen LogP contribution in [0.1, 0.15) is 16.7 Å². The molecule has 0 spiro atoms. The highest BCUT2D eigenvalue weighted by atomic mass is 16.5. The summed E-state index contributed by atoms with van der Waals surface area (Å²) in [4.78, 5) is 0. The monoisotopic (exact) mass is 365 g/mol. The molecule has 1 aromatic heterocycles. The highest BCUT2D eigenvalue weighted by Gasteiger charge is 2.17. The van der Waals surface area contributed by atoms with Gasteiger partial charge in [-0.1, -0.05) is 12.1 Å². The lowest BCUT2D eigenvalue weighted by Crippen LogP contribution is -1.93. The molecule has 0 fully saturated rings. The van der Waals surface area contributed by atoms with Crippen molar-refractivity contribution in [2.45, 2.75) is 13.3 Å². The fourth-order valence-electron chi connectivity index (χ4n) is 4.00. The van der Waals surface area contributed by atoms with Gasteiger partial charge in [-0.15, -0.1) is 0 Å². The Morgan fingerprint density at radius 3 is 2.82 bits per heavy atom. The molecule has 0 amide bonds. The quantitative estimate of drug-likeness (QED) is 0.509. The number of nitriles is 1. The highest BCUT2D eigenvalue weighted by Crippen LogP contribution is 2.37. The Balaban J connectivity index is 1.80. The van der Waals surface area contributed by atoms with Crippen molar-refractivity contribution < 1.29 is 4.74 Å². The van der Waals surface area contributed by atoms with Gasteiger partial charge in [0.1, 0.15) is 5.75 Å². The molecule has 0 unspecified atom stereocenters. The Morgan fingerprint density at radius 1 is 1.07 bits per heavy atom. The van der Waals surface area contributed by atoms with Gasteiger partial charge in [-0.3, -0.25) is 0 Å². The molecule has 4 aromatic rings. The summed E-state index contributed by atoms with van der Waals surface area (Å²) in [6.45, 7) is 2.78. The second-order valence-electron chi connectivity index (χ2n) is 7.17. The summed E-state index contributed by atoms with van der Waals surface area (Å²) in [5, 5.41) is 10.4. The number of aromatic nitrogens is 1. The summed E-state index contributed by atoms with van der Waals surface area (Å²) in [6.07, 6.45) is 3.08. The molecule has 4 nitrogen and oxygen atoms in total. The maximum absolute atomic E-state index is 9.40. The van der Waals surface area contributed by atoms with Gasteiger partial charge >= 0.3 is 0 Å². The summed E-state index contributed by atoms with van der Waals surface area (Å²) >= 11 is 0. The largest absolute Gasteiger partial charge is 0.493 e. The van der Waals surface area contributed by atoms with E-state index in [2.05, 4.69) is 35.0 Å². The molecule has 1 aliphatic rings. The molecule has 0 atom stereocenters. The second kappa shape index (κ2) is 6.17. The summed E-state index contributed by atoms with van der Waals surface area (Å²) in [7, 11) is 0. The topological polar surface area (TPSA) is 64.0 Å². The lowest BCUT2D eigenvalue weighted by molar-refractivity contribution is 0.357. The van der Waals surface area contributed by atoms with Crippen LogP contribution in [0, 0.1) is 18.3 Å². The maximum atomic E-state index is 9.40. The SMILES string of the molecule is Cc1c(N)cccc1-c1cn(-c2ccc3c(c2)CCO3)c2ccc(C#N)cc12. The predicted molar refractivity (Wildman–Crippen MR) is 112 cm³/mol. The van der Waals surface area contributed by atoms with E-state index in [0.29, 0.717) is 5.56 Å². The number of hydrogen-bond acceptors (Lipinski definition) is 3. The second-order valence-corrected chi connectivity index (χ2v) is 7.17. The molecule has 5 rings (SSSR count). The minimum Gasteiger partial charge on any atom is -0.493 e. The molecule has 4 heteroatoms. The van der Waals surface area contributed by atoms with Crippen molar-refractivity contribution in [3.05, 3.63) is 77.5 Å². The van der Waals surface area contributed by atoms with Crippen molar-refractivity contribution in [2.75, 3.05) is 12.3 Å². The third-order valence-electron chi connectivity index (χ3n) is 5.55. The predicted octanol–water partition coefficient (Wildman–Crippen LogP) is 4.99. The van der Waals surface area contributed by atoms with Crippen LogP contribution in [-0.2, 0) is 6.42 Å². The Bertz CT molecular complexity index is 1280. The fourth-order valence-corrected chi connectivity index (χ4v) is 4.00. The molecule has 0 aliphatic carbocycles. The number of nitrogen functional groups attached to an aromatic ring is 1. The van der Waals surface area contributed by atoms with E-state index in [4.69, 9.17) is 10.5 Å². The average molecular weight is 365 g/mol. The number of hydrogen-bond donors (Lipinski definition) is 1. The van der Waals surface area contributed by atoms with E-state index >= 15 is 0 Å². The van der Waals surface area contributed by atoms with Crippen LogP contribution in [0.3, 0.4) is 0 Å². The van der Waals surface area contributed by atoms with Crippen molar-refractivity contribution in [1.82, 2.24) is 4.57 Å². The van der Waals surface area contributed by atoms with Gasteiger partial charge in [0.25, 0.3) is 0 Å². The van der Waals surface area contributed by atoms with Gasteiger partial charge in [-0.25, -0.2) is 0 Å². The molecule has 0 saturated heterocycles. The zero-order chi connectivity index (χ0) is 19.3. The van der Waals surface area contributed by atoms with Crippen LogP contribution in [0.2, 0.25) is 0 Å².